The number of nitrogens with two attached hydrogens (primary N) is 1. The van der Waals surface area contributed by atoms with E-state index < -0.39 is 6.10 Å². The Morgan fingerprint density at radius 2 is 2.29 bits per heavy atom. The first kappa shape index (κ1) is 11.7. The maximum absolute atomic E-state index is 9.13. The molecule has 1 atom stereocenters. The molecule has 0 radical (unpaired) electrons. The number of benzene rings is 1. The molecule has 0 saturated carbocycles. The summed E-state index contributed by atoms with van der Waals surface area (Å²) in [7, 11) is 0. The fourth-order valence-electron chi connectivity index (χ4n) is 1.01. The summed E-state index contributed by atoms with van der Waals surface area (Å²) in [4.78, 5) is 0. The number of aliphatic hydroxyl groups is 1. The zero-order valence-electron chi connectivity index (χ0n) is 7.82. The molecule has 0 aliphatic rings. The first-order chi connectivity index (χ1) is 6.72. The summed E-state index contributed by atoms with van der Waals surface area (Å²) in [5, 5.41) is 9.13. The molecule has 3 N–H and O–H groups in total. The SMILES string of the molecule is NCC(O)COCc1cccc(Br)c1. The highest BCUT2D eigenvalue weighted by atomic mass is 79.9. The Morgan fingerprint density at radius 3 is 2.93 bits per heavy atom. The van der Waals surface area contributed by atoms with Gasteiger partial charge < -0.3 is 15.6 Å². The maximum Gasteiger partial charge on any atom is 0.0895 e. The molecule has 0 saturated heterocycles. The zero-order valence-corrected chi connectivity index (χ0v) is 9.40. The van der Waals surface area contributed by atoms with Gasteiger partial charge in [-0.05, 0) is 17.7 Å². The molecule has 0 heterocycles. The van der Waals surface area contributed by atoms with Gasteiger partial charge in [0.05, 0.1) is 19.3 Å². The van der Waals surface area contributed by atoms with E-state index in [-0.39, 0.29) is 13.2 Å². The molecule has 0 aromatic heterocycles. The molecule has 0 aliphatic heterocycles. The lowest BCUT2D eigenvalue weighted by atomic mass is 10.2. The van der Waals surface area contributed by atoms with Crippen molar-refractivity contribution in [1.29, 1.82) is 0 Å². The van der Waals surface area contributed by atoms with E-state index in [4.69, 9.17) is 15.6 Å². The lowest BCUT2D eigenvalue weighted by molar-refractivity contribution is 0.0329. The topological polar surface area (TPSA) is 55.5 Å². The second kappa shape index (κ2) is 6.14. The number of rotatable bonds is 5. The van der Waals surface area contributed by atoms with Crippen molar-refractivity contribution in [3.8, 4) is 0 Å². The van der Waals surface area contributed by atoms with E-state index in [0.717, 1.165) is 10.0 Å². The summed E-state index contributed by atoms with van der Waals surface area (Å²) in [6.45, 7) is 1.01. The van der Waals surface area contributed by atoms with Crippen LogP contribution < -0.4 is 5.73 Å². The van der Waals surface area contributed by atoms with Crippen molar-refractivity contribution in [2.45, 2.75) is 12.7 Å². The van der Waals surface area contributed by atoms with Crippen molar-refractivity contribution < 1.29 is 9.84 Å². The third-order valence-electron chi connectivity index (χ3n) is 1.74. The van der Waals surface area contributed by atoms with Gasteiger partial charge in [0.25, 0.3) is 0 Å². The first-order valence-corrected chi connectivity index (χ1v) is 5.22. The van der Waals surface area contributed by atoms with Crippen LogP contribution in [0, 0.1) is 0 Å². The van der Waals surface area contributed by atoms with Crippen molar-refractivity contribution in [3.05, 3.63) is 34.3 Å². The van der Waals surface area contributed by atoms with Crippen LogP contribution >= 0.6 is 15.9 Å². The minimum Gasteiger partial charge on any atom is -0.389 e. The van der Waals surface area contributed by atoms with Crippen molar-refractivity contribution in [2.75, 3.05) is 13.2 Å². The molecule has 0 aliphatic carbocycles. The van der Waals surface area contributed by atoms with Gasteiger partial charge in [0.1, 0.15) is 0 Å². The van der Waals surface area contributed by atoms with Crippen LogP contribution in [0.5, 0.6) is 0 Å². The van der Waals surface area contributed by atoms with Gasteiger partial charge >= 0.3 is 0 Å². The minimum absolute atomic E-state index is 0.235. The van der Waals surface area contributed by atoms with Crippen LogP contribution in [0.1, 0.15) is 5.56 Å². The minimum atomic E-state index is -0.567. The summed E-state index contributed by atoms with van der Waals surface area (Å²) >= 11 is 3.37. The van der Waals surface area contributed by atoms with Crippen LogP contribution in [0.15, 0.2) is 28.7 Å². The van der Waals surface area contributed by atoms with E-state index in [2.05, 4.69) is 15.9 Å². The second-order valence-electron chi connectivity index (χ2n) is 3.03. The number of halogens is 1. The number of aliphatic hydroxyl groups excluding tert-OH is 1. The van der Waals surface area contributed by atoms with Crippen LogP contribution in [0.2, 0.25) is 0 Å². The van der Waals surface area contributed by atoms with Gasteiger partial charge in [0, 0.05) is 11.0 Å². The van der Waals surface area contributed by atoms with Gasteiger partial charge in [-0.15, -0.1) is 0 Å². The number of hydrogen-bond donors (Lipinski definition) is 2. The Bertz CT molecular complexity index is 281. The second-order valence-corrected chi connectivity index (χ2v) is 3.95. The van der Waals surface area contributed by atoms with Crippen LogP contribution in [-0.2, 0) is 11.3 Å². The Balaban J connectivity index is 2.31. The zero-order chi connectivity index (χ0) is 10.4. The molecular weight excluding hydrogens is 246 g/mol. The molecule has 14 heavy (non-hydrogen) atoms. The highest BCUT2D eigenvalue weighted by Gasteiger charge is 2.00. The van der Waals surface area contributed by atoms with Crippen molar-refractivity contribution in [2.24, 2.45) is 5.73 Å². The monoisotopic (exact) mass is 259 g/mol. The van der Waals surface area contributed by atoms with Gasteiger partial charge in [-0.2, -0.15) is 0 Å². The fraction of sp³-hybridized carbons (Fsp3) is 0.400. The van der Waals surface area contributed by atoms with Gasteiger partial charge in [-0.1, -0.05) is 28.1 Å². The van der Waals surface area contributed by atoms with Gasteiger partial charge in [-0.3, -0.25) is 0 Å². The molecule has 4 heteroatoms. The Labute approximate surface area is 92.0 Å². The van der Waals surface area contributed by atoms with Crippen molar-refractivity contribution >= 4 is 15.9 Å². The number of ether oxygens (including phenoxy) is 1. The average Bonchev–Trinajstić information content (AvgIpc) is 2.17. The largest absolute Gasteiger partial charge is 0.389 e. The van der Waals surface area contributed by atoms with Crippen molar-refractivity contribution in [1.82, 2.24) is 0 Å². The van der Waals surface area contributed by atoms with E-state index in [1.165, 1.54) is 0 Å². The van der Waals surface area contributed by atoms with Crippen LogP contribution in [0.4, 0.5) is 0 Å². The van der Waals surface area contributed by atoms with E-state index in [1.54, 1.807) is 0 Å². The molecule has 1 rings (SSSR count). The number of hydrogen-bond acceptors (Lipinski definition) is 3. The van der Waals surface area contributed by atoms with Crippen LogP contribution in [-0.4, -0.2) is 24.4 Å². The average molecular weight is 260 g/mol. The Morgan fingerprint density at radius 1 is 1.50 bits per heavy atom. The van der Waals surface area contributed by atoms with Crippen LogP contribution in [0.25, 0.3) is 0 Å². The first-order valence-electron chi connectivity index (χ1n) is 4.42. The highest BCUT2D eigenvalue weighted by molar-refractivity contribution is 9.10. The predicted molar refractivity (Wildman–Crippen MR) is 58.9 cm³/mol. The summed E-state index contributed by atoms with van der Waals surface area (Å²) in [6.07, 6.45) is -0.567. The molecule has 3 nitrogen and oxygen atoms in total. The van der Waals surface area contributed by atoms with Crippen molar-refractivity contribution in [3.63, 3.8) is 0 Å². The summed E-state index contributed by atoms with van der Waals surface area (Å²) in [5.41, 5.74) is 6.31. The summed E-state index contributed by atoms with van der Waals surface area (Å²) in [5.74, 6) is 0. The molecule has 78 valence electrons. The molecule has 0 fully saturated rings. The van der Waals surface area contributed by atoms with Gasteiger partial charge in [0.2, 0.25) is 0 Å². The molecule has 0 amide bonds. The smallest absolute Gasteiger partial charge is 0.0895 e. The highest BCUT2D eigenvalue weighted by Crippen LogP contribution is 2.12. The standard InChI is InChI=1S/C10H14BrNO2/c11-9-3-1-2-8(4-9)6-14-7-10(13)5-12/h1-4,10,13H,5-7,12H2. The van der Waals surface area contributed by atoms with E-state index >= 15 is 0 Å². The summed E-state index contributed by atoms with van der Waals surface area (Å²) in [6, 6.07) is 7.86. The lowest BCUT2D eigenvalue weighted by Crippen LogP contribution is -2.24. The van der Waals surface area contributed by atoms with E-state index in [9.17, 15) is 0 Å². The normalized spacial score (nSPS) is 12.8. The van der Waals surface area contributed by atoms with E-state index in [0.29, 0.717) is 6.61 Å². The molecule has 0 bridgehead atoms. The summed E-state index contributed by atoms with van der Waals surface area (Å²) < 4.78 is 6.30. The molecule has 1 aromatic rings. The maximum atomic E-state index is 9.13. The molecule has 1 unspecified atom stereocenters. The third kappa shape index (κ3) is 4.19. The molecule has 0 spiro atoms. The van der Waals surface area contributed by atoms with Gasteiger partial charge in [0.15, 0.2) is 0 Å². The van der Waals surface area contributed by atoms with E-state index in [1.807, 2.05) is 24.3 Å². The van der Waals surface area contributed by atoms with Gasteiger partial charge in [-0.25, -0.2) is 0 Å². The quantitative estimate of drug-likeness (QED) is 0.838. The molecular formula is C10H14BrNO2. The fourth-order valence-corrected chi connectivity index (χ4v) is 1.45. The van der Waals surface area contributed by atoms with Crippen LogP contribution in [0.3, 0.4) is 0 Å². The molecule has 1 aromatic carbocycles. The predicted octanol–water partition coefficient (Wildman–Crippen LogP) is 1.29. The third-order valence-corrected chi connectivity index (χ3v) is 2.23. The Hall–Kier alpha value is -0.420. The Kier molecular flexibility index (Phi) is 5.11. The lowest BCUT2D eigenvalue weighted by Gasteiger charge is -2.08.